The number of rotatable bonds is 52. The van der Waals surface area contributed by atoms with Crippen molar-refractivity contribution in [2.45, 2.75) is 275 Å². The number of carbonyl (C=O) groups excluding carboxylic acids is 1. The van der Waals surface area contributed by atoms with Crippen LogP contribution in [0, 0.1) is 0 Å². The summed E-state index contributed by atoms with van der Waals surface area (Å²) in [6.45, 7) is 3.61. The van der Waals surface area contributed by atoms with Gasteiger partial charge in [-0.05, 0) is 116 Å². The van der Waals surface area contributed by atoms with E-state index in [9.17, 15) is 30.3 Å². The van der Waals surface area contributed by atoms with Gasteiger partial charge >= 0.3 is 0 Å². The molecule has 448 valence electrons. The average molecular weight is 1100 g/mol. The molecule has 0 radical (unpaired) electrons. The molecule has 9 heteroatoms. The third kappa shape index (κ3) is 46.4. The van der Waals surface area contributed by atoms with E-state index in [4.69, 9.17) is 9.47 Å². The van der Waals surface area contributed by atoms with Crippen molar-refractivity contribution in [1.29, 1.82) is 0 Å². The molecule has 6 N–H and O–H groups in total. The molecule has 0 spiro atoms. The largest absolute Gasteiger partial charge is 0.394 e. The van der Waals surface area contributed by atoms with E-state index in [1.165, 1.54) is 96.3 Å². The Hall–Kier alpha value is -3.93. The molecule has 1 aliphatic rings. The molecule has 0 aromatic carbocycles. The maximum atomic E-state index is 13.1. The molecule has 7 unspecified atom stereocenters. The lowest BCUT2D eigenvalue weighted by atomic mass is 9.99. The Balaban J connectivity index is 2.13. The first-order valence-electron chi connectivity index (χ1n) is 31.6. The Morgan fingerprint density at radius 2 is 0.797 bits per heavy atom. The molecular weight excluding hydrogens is 983 g/mol. The van der Waals surface area contributed by atoms with Gasteiger partial charge in [0.25, 0.3) is 0 Å². The predicted octanol–water partition coefficient (Wildman–Crippen LogP) is 16.6. The van der Waals surface area contributed by atoms with E-state index in [1.54, 1.807) is 6.08 Å². The molecule has 0 aliphatic carbocycles. The molecule has 0 aromatic rings. The molecule has 0 aromatic heterocycles. The van der Waals surface area contributed by atoms with Gasteiger partial charge in [-0.2, -0.15) is 0 Å². The highest BCUT2D eigenvalue weighted by molar-refractivity contribution is 5.76. The molecule has 1 aliphatic heterocycles. The van der Waals surface area contributed by atoms with Gasteiger partial charge in [0.05, 0.1) is 25.4 Å². The van der Waals surface area contributed by atoms with Crippen LogP contribution in [0.2, 0.25) is 0 Å². The zero-order chi connectivity index (χ0) is 57.2. The van der Waals surface area contributed by atoms with Gasteiger partial charge in [-0.1, -0.05) is 256 Å². The van der Waals surface area contributed by atoms with E-state index in [0.29, 0.717) is 6.42 Å². The highest BCUT2D eigenvalue weighted by Crippen LogP contribution is 2.23. The summed E-state index contributed by atoms with van der Waals surface area (Å²) in [6, 6.07) is -0.837. The van der Waals surface area contributed by atoms with Gasteiger partial charge in [0.2, 0.25) is 5.91 Å². The van der Waals surface area contributed by atoms with Crippen molar-refractivity contribution < 1.29 is 39.8 Å². The van der Waals surface area contributed by atoms with Crippen molar-refractivity contribution in [1.82, 2.24) is 5.32 Å². The molecule has 79 heavy (non-hydrogen) atoms. The summed E-state index contributed by atoms with van der Waals surface area (Å²) in [6.07, 6.45) is 82.2. The molecule has 0 bridgehead atoms. The molecule has 1 amide bonds. The van der Waals surface area contributed by atoms with E-state index in [0.717, 1.165) is 116 Å². The fraction of sp³-hybridized carbons (Fsp3) is 0.643. The minimum absolute atomic E-state index is 0.198. The van der Waals surface area contributed by atoms with Crippen LogP contribution in [0.15, 0.2) is 146 Å². The van der Waals surface area contributed by atoms with Crippen LogP contribution in [-0.2, 0) is 14.3 Å². The van der Waals surface area contributed by atoms with Crippen molar-refractivity contribution in [3.63, 3.8) is 0 Å². The van der Waals surface area contributed by atoms with E-state index >= 15 is 0 Å². The number of carbonyl (C=O) groups is 1. The second-order valence-electron chi connectivity index (χ2n) is 21.1. The molecule has 7 atom stereocenters. The second-order valence-corrected chi connectivity index (χ2v) is 21.1. The number of hydrogen-bond donors (Lipinski definition) is 6. The van der Waals surface area contributed by atoms with E-state index < -0.39 is 49.5 Å². The van der Waals surface area contributed by atoms with Crippen LogP contribution >= 0.6 is 0 Å². The molecule has 1 fully saturated rings. The Morgan fingerprint density at radius 3 is 1.22 bits per heavy atom. The quantitative estimate of drug-likeness (QED) is 0.0261. The predicted molar refractivity (Wildman–Crippen MR) is 336 cm³/mol. The molecule has 1 saturated heterocycles. The van der Waals surface area contributed by atoms with Gasteiger partial charge in [-0.15, -0.1) is 0 Å². The van der Waals surface area contributed by atoms with Gasteiger partial charge in [-0.3, -0.25) is 4.79 Å². The van der Waals surface area contributed by atoms with Gasteiger partial charge < -0.3 is 40.3 Å². The van der Waals surface area contributed by atoms with Crippen molar-refractivity contribution >= 4 is 5.91 Å². The minimum Gasteiger partial charge on any atom is -0.394 e. The molecule has 9 nitrogen and oxygen atoms in total. The third-order valence-electron chi connectivity index (χ3n) is 13.9. The Morgan fingerprint density at radius 1 is 0.443 bits per heavy atom. The average Bonchev–Trinajstić information content (AvgIpc) is 3.46. The van der Waals surface area contributed by atoms with Crippen LogP contribution in [0.1, 0.15) is 232 Å². The van der Waals surface area contributed by atoms with E-state index in [1.807, 2.05) is 6.08 Å². The van der Waals surface area contributed by atoms with Gasteiger partial charge in [0, 0.05) is 6.42 Å². The smallest absolute Gasteiger partial charge is 0.220 e. The summed E-state index contributed by atoms with van der Waals surface area (Å²) in [4.78, 5) is 13.1. The monoisotopic (exact) mass is 1100 g/mol. The van der Waals surface area contributed by atoms with Crippen molar-refractivity contribution in [3.05, 3.63) is 146 Å². The van der Waals surface area contributed by atoms with Gasteiger partial charge in [0.1, 0.15) is 24.4 Å². The van der Waals surface area contributed by atoms with Gasteiger partial charge in [-0.25, -0.2) is 0 Å². The summed E-state index contributed by atoms with van der Waals surface area (Å²) in [5.74, 6) is -0.198. The van der Waals surface area contributed by atoms with Crippen LogP contribution < -0.4 is 5.32 Å². The van der Waals surface area contributed by atoms with E-state index in [-0.39, 0.29) is 12.5 Å². The fourth-order valence-electron chi connectivity index (χ4n) is 8.94. The highest BCUT2D eigenvalue weighted by Gasteiger charge is 2.44. The van der Waals surface area contributed by atoms with Crippen molar-refractivity contribution in [2.24, 2.45) is 0 Å². The summed E-state index contributed by atoms with van der Waals surface area (Å²) in [7, 11) is 0. The van der Waals surface area contributed by atoms with Crippen molar-refractivity contribution in [2.75, 3.05) is 13.2 Å². The lowest BCUT2D eigenvalue weighted by Gasteiger charge is -2.40. The molecular formula is C70H115NO8. The van der Waals surface area contributed by atoms with Crippen LogP contribution in [0.4, 0.5) is 0 Å². The second kappa shape index (κ2) is 57.3. The number of ether oxygens (including phenoxy) is 2. The number of amides is 1. The molecule has 1 rings (SSSR count). The fourth-order valence-corrected chi connectivity index (χ4v) is 8.94. The zero-order valence-electron chi connectivity index (χ0n) is 49.8. The lowest BCUT2D eigenvalue weighted by molar-refractivity contribution is -0.302. The number of hydrogen-bond acceptors (Lipinski definition) is 8. The number of allylic oxidation sites excluding steroid dienone is 23. The SMILES string of the molecule is CC/C=C\C/C=C\C/C=C\C/C=C\C/C=C\C/C=C\C/C=C\C/C=C\C/C=C\CCCCCCCCCCCCCCCC(=O)NC(COC1OC(CO)C(O)C(O)C1O)C(O)/C=C/CC/C=C/CC/C=C/CCCCCCC. The number of unbranched alkanes of at least 4 members (excludes halogenated alkanes) is 20. The highest BCUT2D eigenvalue weighted by atomic mass is 16.7. The maximum Gasteiger partial charge on any atom is 0.220 e. The van der Waals surface area contributed by atoms with Crippen LogP contribution in [0.25, 0.3) is 0 Å². The number of aliphatic hydroxyl groups is 5. The first kappa shape index (κ1) is 73.1. The topological polar surface area (TPSA) is 149 Å². The summed E-state index contributed by atoms with van der Waals surface area (Å²) >= 11 is 0. The van der Waals surface area contributed by atoms with E-state index in [2.05, 4.69) is 153 Å². The Labute approximate surface area is 483 Å². The van der Waals surface area contributed by atoms with Crippen molar-refractivity contribution in [3.8, 4) is 0 Å². The summed E-state index contributed by atoms with van der Waals surface area (Å²) < 4.78 is 11.2. The normalized spacial score (nSPS) is 19.6. The first-order chi connectivity index (χ1) is 38.8. The van der Waals surface area contributed by atoms with Crippen LogP contribution in [0.5, 0.6) is 0 Å². The Kier molecular flexibility index (Phi) is 53.0. The molecule has 0 saturated carbocycles. The standard InChI is InChI=1S/C70H115NO8/c1-3-5-7-9-11-13-15-17-19-20-21-22-23-24-25-26-27-28-29-30-31-32-33-34-35-36-37-38-39-40-41-42-43-44-46-48-50-52-54-56-58-60-66(74)71-63(62-78-70-69(77)68(76)67(75)65(61-72)79-70)64(73)59-57-55-53-51-49-47-45-18-16-14-12-10-8-6-4-2/h5,7,11,13,16-19,21-22,24-25,27-28,30-31,33-34,36-37,49,51,57,59,63-65,67-70,72-73,75-77H,3-4,6,8-10,12,14-15,20,23,26,29,32,35,38-48,50,52-56,58,60-62H2,1-2H3,(H,71,74)/b7-5-,13-11-,18-16+,19-17-,22-21-,25-24-,28-27-,31-30-,34-33-,37-36-,51-49+,59-57+. The van der Waals surface area contributed by atoms with Crippen LogP contribution in [0.3, 0.4) is 0 Å². The number of nitrogens with one attached hydrogen (secondary N) is 1. The molecule has 1 heterocycles. The van der Waals surface area contributed by atoms with Gasteiger partial charge in [0.15, 0.2) is 6.29 Å². The summed E-state index contributed by atoms with van der Waals surface area (Å²) in [5, 5.41) is 54.5. The lowest BCUT2D eigenvalue weighted by Crippen LogP contribution is -2.60. The zero-order valence-corrected chi connectivity index (χ0v) is 49.8. The minimum atomic E-state index is -1.58. The summed E-state index contributed by atoms with van der Waals surface area (Å²) in [5.41, 5.74) is 0. The number of aliphatic hydroxyl groups excluding tert-OH is 5. The third-order valence-corrected chi connectivity index (χ3v) is 13.9. The van der Waals surface area contributed by atoms with Crippen LogP contribution in [-0.4, -0.2) is 87.5 Å². The Bertz CT molecular complexity index is 1750. The first-order valence-corrected chi connectivity index (χ1v) is 31.6. The maximum absolute atomic E-state index is 13.1.